The lowest BCUT2D eigenvalue weighted by molar-refractivity contribution is -0.132. The van der Waals surface area contributed by atoms with Crippen molar-refractivity contribution in [3.8, 4) is 0 Å². The second-order valence-corrected chi connectivity index (χ2v) is 7.10. The Morgan fingerprint density at radius 2 is 2.20 bits per heavy atom. The van der Waals surface area contributed by atoms with Gasteiger partial charge in [0, 0.05) is 44.3 Å². The highest BCUT2D eigenvalue weighted by molar-refractivity contribution is 5.85. The molecule has 0 saturated carbocycles. The number of rotatable bonds is 2. The molecule has 1 unspecified atom stereocenters. The molecule has 3 heterocycles. The van der Waals surface area contributed by atoms with Crippen molar-refractivity contribution >= 4 is 11.5 Å². The van der Waals surface area contributed by atoms with Gasteiger partial charge in [-0.1, -0.05) is 6.08 Å². The number of aromatic nitrogens is 3. The molecule has 0 N–H and O–H groups in total. The summed E-state index contributed by atoms with van der Waals surface area (Å²) in [5.74, 6) is 0.236. The molecule has 1 aliphatic heterocycles. The van der Waals surface area contributed by atoms with E-state index in [1.54, 1.807) is 0 Å². The van der Waals surface area contributed by atoms with Crippen molar-refractivity contribution < 1.29 is 4.79 Å². The number of hydrogen-bond donors (Lipinski definition) is 0. The second-order valence-electron chi connectivity index (χ2n) is 7.10. The zero-order valence-electron chi connectivity index (χ0n) is 14.9. The molecule has 4 rings (SSSR count). The first-order chi connectivity index (χ1) is 12.1. The molecule has 1 amide bonds. The Hall–Kier alpha value is -2.43. The third-order valence-electron chi connectivity index (χ3n) is 5.42. The number of pyridine rings is 1. The molecule has 2 aromatic rings. The van der Waals surface area contributed by atoms with Crippen LogP contribution in [0.15, 0.2) is 30.7 Å². The van der Waals surface area contributed by atoms with Crippen molar-refractivity contribution in [2.24, 2.45) is 7.05 Å². The van der Waals surface area contributed by atoms with Crippen LogP contribution in [0.25, 0.3) is 5.57 Å². The van der Waals surface area contributed by atoms with E-state index >= 15 is 0 Å². The fourth-order valence-electron chi connectivity index (χ4n) is 4.06. The Morgan fingerprint density at radius 1 is 1.32 bits per heavy atom. The van der Waals surface area contributed by atoms with Crippen LogP contribution in [0.2, 0.25) is 0 Å². The van der Waals surface area contributed by atoms with Gasteiger partial charge in [-0.15, -0.1) is 0 Å². The second kappa shape index (κ2) is 6.47. The van der Waals surface area contributed by atoms with Gasteiger partial charge < -0.3 is 4.90 Å². The van der Waals surface area contributed by atoms with E-state index in [4.69, 9.17) is 0 Å². The molecule has 5 heteroatoms. The molecule has 5 nitrogen and oxygen atoms in total. The van der Waals surface area contributed by atoms with Crippen LogP contribution >= 0.6 is 0 Å². The van der Waals surface area contributed by atoms with Gasteiger partial charge >= 0.3 is 0 Å². The number of fused-ring (bicyclic) bond motifs is 1. The largest absolute Gasteiger partial charge is 0.338 e. The normalized spacial score (nSPS) is 20.2. The number of hydrogen-bond acceptors (Lipinski definition) is 3. The molecule has 0 spiro atoms. The molecule has 25 heavy (non-hydrogen) atoms. The first kappa shape index (κ1) is 16.1. The number of aryl methyl sites for hydroxylation is 3. The molecule has 2 aliphatic rings. The molecule has 0 fully saturated rings. The van der Waals surface area contributed by atoms with Gasteiger partial charge in [0.25, 0.3) is 0 Å². The highest BCUT2D eigenvalue weighted by Crippen LogP contribution is 2.33. The molecule has 2 aromatic heterocycles. The van der Waals surface area contributed by atoms with Crippen LogP contribution in [0.4, 0.5) is 0 Å². The summed E-state index contributed by atoms with van der Waals surface area (Å²) in [6, 6.07) is 2.04. The molecule has 0 aromatic carbocycles. The van der Waals surface area contributed by atoms with Crippen molar-refractivity contribution in [3.63, 3.8) is 0 Å². The first-order valence-corrected chi connectivity index (χ1v) is 9.04. The Bertz CT molecular complexity index is 836. The van der Waals surface area contributed by atoms with E-state index in [1.807, 2.05) is 41.3 Å². The van der Waals surface area contributed by atoms with Gasteiger partial charge in [-0.25, -0.2) is 0 Å². The van der Waals surface area contributed by atoms with Crippen molar-refractivity contribution in [1.29, 1.82) is 0 Å². The zero-order chi connectivity index (χ0) is 17.4. The summed E-state index contributed by atoms with van der Waals surface area (Å²) in [4.78, 5) is 19.3. The Morgan fingerprint density at radius 3 is 2.96 bits per heavy atom. The fourth-order valence-corrected chi connectivity index (χ4v) is 4.06. The average molecular weight is 336 g/mol. The molecule has 130 valence electrons. The minimum absolute atomic E-state index is 0.0208. The summed E-state index contributed by atoms with van der Waals surface area (Å²) in [6.07, 6.45) is 11.8. The van der Waals surface area contributed by atoms with E-state index in [0.717, 1.165) is 43.5 Å². The Labute approximate surface area is 148 Å². The molecule has 1 atom stereocenters. The Balaban J connectivity index is 1.51. The van der Waals surface area contributed by atoms with E-state index in [2.05, 4.69) is 23.1 Å². The van der Waals surface area contributed by atoms with Crippen molar-refractivity contribution in [1.82, 2.24) is 19.7 Å². The molecular formula is C20H24N4O. The van der Waals surface area contributed by atoms with E-state index in [9.17, 15) is 4.79 Å². The van der Waals surface area contributed by atoms with Crippen LogP contribution in [0, 0.1) is 6.92 Å². The van der Waals surface area contributed by atoms with Crippen molar-refractivity contribution in [3.05, 3.63) is 53.1 Å². The lowest BCUT2D eigenvalue weighted by Gasteiger charge is -2.31. The topological polar surface area (TPSA) is 51.0 Å². The van der Waals surface area contributed by atoms with Gasteiger partial charge in [-0.2, -0.15) is 5.10 Å². The lowest BCUT2D eigenvalue weighted by Crippen LogP contribution is -2.39. The maximum absolute atomic E-state index is 13.1. The maximum atomic E-state index is 13.1. The summed E-state index contributed by atoms with van der Waals surface area (Å²) in [7, 11) is 1.94. The van der Waals surface area contributed by atoms with Crippen LogP contribution in [0.5, 0.6) is 0 Å². The standard InChI is InChI=1S/C20H24N4O/c1-14-6-9-21-12-17(14)15-7-10-24(11-8-15)20(25)16-4-3-5-19-18(16)13-23(2)22-19/h6-7,9,12-13,16H,3-5,8,10-11H2,1-2H3. The number of carbonyl (C=O) groups is 1. The zero-order valence-corrected chi connectivity index (χ0v) is 14.9. The fraction of sp³-hybridized carbons (Fsp3) is 0.450. The van der Waals surface area contributed by atoms with E-state index in [1.165, 1.54) is 16.7 Å². The molecule has 0 radical (unpaired) electrons. The Kier molecular flexibility index (Phi) is 4.15. The van der Waals surface area contributed by atoms with Gasteiger partial charge in [0.1, 0.15) is 0 Å². The van der Waals surface area contributed by atoms with Crippen LogP contribution in [-0.2, 0) is 18.3 Å². The number of nitrogens with zero attached hydrogens (tertiary/aromatic N) is 4. The third-order valence-corrected chi connectivity index (χ3v) is 5.42. The predicted molar refractivity (Wildman–Crippen MR) is 97.0 cm³/mol. The molecule has 0 saturated heterocycles. The quantitative estimate of drug-likeness (QED) is 0.847. The molecular weight excluding hydrogens is 312 g/mol. The maximum Gasteiger partial charge on any atom is 0.230 e. The highest BCUT2D eigenvalue weighted by Gasteiger charge is 2.32. The molecule has 0 bridgehead atoms. The van der Waals surface area contributed by atoms with Crippen molar-refractivity contribution in [2.75, 3.05) is 13.1 Å². The van der Waals surface area contributed by atoms with Gasteiger partial charge in [0.2, 0.25) is 5.91 Å². The minimum atomic E-state index is -0.0208. The average Bonchev–Trinajstić information content (AvgIpc) is 3.02. The smallest absolute Gasteiger partial charge is 0.230 e. The minimum Gasteiger partial charge on any atom is -0.338 e. The van der Waals surface area contributed by atoms with E-state index in [0.29, 0.717) is 6.54 Å². The van der Waals surface area contributed by atoms with Crippen LogP contribution in [-0.4, -0.2) is 38.7 Å². The van der Waals surface area contributed by atoms with E-state index < -0.39 is 0 Å². The summed E-state index contributed by atoms with van der Waals surface area (Å²) < 4.78 is 1.84. The summed E-state index contributed by atoms with van der Waals surface area (Å²) >= 11 is 0. The number of amides is 1. The molecule has 1 aliphatic carbocycles. The van der Waals surface area contributed by atoms with Gasteiger partial charge in [0.15, 0.2) is 0 Å². The van der Waals surface area contributed by atoms with E-state index in [-0.39, 0.29) is 11.8 Å². The summed E-state index contributed by atoms with van der Waals surface area (Å²) in [6.45, 7) is 3.58. The van der Waals surface area contributed by atoms with Crippen LogP contribution < -0.4 is 0 Å². The summed E-state index contributed by atoms with van der Waals surface area (Å²) in [5, 5.41) is 4.52. The SMILES string of the molecule is Cc1ccncc1C1=CCN(C(=O)C2CCCc3nn(C)cc32)CC1. The number of carbonyl (C=O) groups excluding carboxylic acids is 1. The van der Waals surface area contributed by atoms with Crippen LogP contribution in [0.3, 0.4) is 0 Å². The predicted octanol–water partition coefficient (Wildman–Crippen LogP) is 2.86. The lowest BCUT2D eigenvalue weighted by atomic mass is 9.85. The highest BCUT2D eigenvalue weighted by atomic mass is 16.2. The van der Waals surface area contributed by atoms with Gasteiger partial charge in [-0.05, 0) is 55.4 Å². The van der Waals surface area contributed by atoms with Crippen LogP contribution in [0.1, 0.15) is 47.6 Å². The van der Waals surface area contributed by atoms with Gasteiger partial charge in [-0.3, -0.25) is 14.5 Å². The summed E-state index contributed by atoms with van der Waals surface area (Å²) in [5.41, 5.74) is 6.00. The monoisotopic (exact) mass is 336 g/mol. The third kappa shape index (κ3) is 2.99. The first-order valence-electron chi connectivity index (χ1n) is 9.04. The van der Waals surface area contributed by atoms with Gasteiger partial charge in [0.05, 0.1) is 11.6 Å². The van der Waals surface area contributed by atoms with Crippen molar-refractivity contribution in [2.45, 2.75) is 38.5 Å².